The van der Waals surface area contributed by atoms with Crippen LogP contribution in [0.25, 0.3) is 11.4 Å². The third-order valence-corrected chi connectivity index (χ3v) is 5.49. The van der Waals surface area contributed by atoms with Gasteiger partial charge >= 0.3 is 0 Å². The molecule has 1 aromatic carbocycles. The quantitative estimate of drug-likeness (QED) is 0.808. The summed E-state index contributed by atoms with van der Waals surface area (Å²) >= 11 is 3.53. The van der Waals surface area contributed by atoms with Crippen LogP contribution >= 0.6 is 15.9 Å². The minimum atomic E-state index is 0.132. The van der Waals surface area contributed by atoms with Crippen molar-refractivity contribution in [3.05, 3.63) is 40.1 Å². The number of nitrogens with zero attached hydrogens (tertiary/aromatic N) is 3. The summed E-state index contributed by atoms with van der Waals surface area (Å²) in [5, 5.41) is 3.47. The molecule has 2 aromatic rings. The SMILES string of the molecule is CC(C)(C)C1CN=C2CNCCc3nc(-c4ccc(Br)cc4)n1c32. The topological polar surface area (TPSA) is 42.2 Å². The molecule has 126 valence electrons. The molecule has 0 radical (unpaired) electrons. The van der Waals surface area contributed by atoms with Gasteiger partial charge in [-0.05, 0) is 17.5 Å². The lowest BCUT2D eigenvalue weighted by molar-refractivity contribution is 0.246. The van der Waals surface area contributed by atoms with E-state index in [2.05, 4.69) is 70.9 Å². The van der Waals surface area contributed by atoms with E-state index in [1.807, 2.05) is 0 Å². The maximum absolute atomic E-state index is 5.06. The van der Waals surface area contributed by atoms with Gasteiger partial charge in [0.2, 0.25) is 0 Å². The van der Waals surface area contributed by atoms with Crippen molar-refractivity contribution in [1.29, 1.82) is 0 Å². The molecule has 0 bridgehead atoms. The molecule has 3 heterocycles. The molecule has 0 saturated carbocycles. The molecule has 1 aromatic heterocycles. The van der Waals surface area contributed by atoms with Crippen LogP contribution in [-0.4, -0.2) is 34.9 Å². The third-order valence-electron chi connectivity index (χ3n) is 4.96. The Morgan fingerprint density at radius 2 is 1.96 bits per heavy atom. The van der Waals surface area contributed by atoms with Crippen molar-refractivity contribution in [1.82, 2.24) is 14.9 Å². The third kappa shape index (κ3) is 2.64. The van der Waals surface area contributed by atoms with Crippen LogP contribution in [0.15, 0.2) is 33.7 Å². The van der Waals surface area contributed by atoms with Crippen LogP contribution in [0.4, 0.5) is 0 Å². The van der Waals surface area contributed by atoms with E-state index in [0.29, 0.717) is 6.04 Å². The normalized spacial score (nSPS) is 20.3. The Labute approximate surface area is 151 Å². The molecule has 4 nitrogen and oxygen atoms in total. The number of hydrogen-bond donors (Lipinski definition) is 1. The van der Waals surface area contributed by atoms with Gasteiger partial charge in [0.25, 0.3) is 0 Å². The van der Waals surface area contributed by atoms with Crippen molar-refractivity contribution in [2.24, 2.45) is 10.4 Å². The highest BCUT2D eigenvalue weighted by molar-refractivity contribution is 9.10. The van der Waals surface area contributed by atoms with Crippen LogP contribution in [0.5, 0.6) is 0 Å². The Balaban J connectivity index is 1.95. The minimum Gasteiger partial charge on any atom is -0.317 e. The summed E-state index contributed by atoms with van der Waals surface area (Å²) in [4.78, 5) is 9.98. The van der Waals surface area contributed by atoms with Gasteiger partial charge in [-0.15, -0.1) is 0 Å². The van der Waals surface area contributed by atoms with Crippen molar-refractivity contribution < 1.29 is 0 Å². The molecule has 2 aliphatic heterocycles. The maximum atomic E-state index is 5.06. The van der Waals surface area contributed by atoms with Crippen LogP contribution in [0.1, 0.15) is 38.2 Å². The number of imidazole rings is 1. The van der Waals surface area contributed by atoms with E-state index in [1.165, 1.54) is 22.7 Å². The van der Waals surface area contributed by atoms with Crippen molar-refractivity contribution in [3.63, 3.8) is 0 Å². The van der Waals surface area contributed by atoms with Gasteiger partial charge in [-0.3, -0.25) is 4.99 Å². The van der Waals surface area contributed by atoms with Crippen LogP contribution in [-0.2, 0) is 6.42 Å². The number of benzene rings is 1. The first-order valence-electron chi connectivity index (χ1n) is 8.56. The number of aliphatic imine (C=N–C) groups is 1. The molecule has 1 unspecified atom stereocenters. The van der Waals surface area contributed by atoms with Crippen LogP contribution in [0.3, 0.4) is 0 Å². The predicted octanol–water partition coefficient (Wildman–Crippen LogP) is 3.85. The van der Waals surface area contributed by atoms with E-state index in [-0.39, 0.29) is 5.41 Å². The summed E-state index contributed by atoms with van der Waals surface area (Å²) in [7, 11) is 0. The molecule has 24 heavy (non-hydrogen) atoms. The van der Waals surface area contributed by atoms with Gasteiger partial charge in [0.1, 0.15) is 5.82 Å². The highest BCUT2D eigenvalue weighted by Crippen LogP contribution is 2.39. The van der Waals surface area contributed by atoms with Crippen molar-refractivity contribution >= 4 is 21.6 Å². The summed E-state index contributed by atoms with van der Waals surface area (Å²) in [5.41, 5.74) is 4.91. The Hall–Kier alpha value is -1.46. The van der Waals surface area contributed by atoms with Gasteiger partial charge in [0.05, 0.1) is 29.7 Å². The number of rotatable bonds is 1. The molecule has 2 aliphatic rings. The van der Waals surface area contributed by atoms with E-state index < -0.39 is 0 Å². The molecular formula is C19H23BrN4. The van der Waals surface area contributed by atoms with Gasteiger partial charge in [0, 0.05) is 29.5 Å². The molecule has 0 spiro atoms. The zero-order valence-electron chi connectivity index (χ0n) is 14.4. The number of nitrogens with one attached hydrogen (secondary N) is 1. The highest BCUT2D eigenvalue weighted by Gasteiger charge is 2.36. The average molecular weight is 387 g/mol. The Morgan fingerprint density at radius 1 is 1.21 bits per heavy atom. The second-order valence-electron chi connectivity index (χ2n) is 7.70. The Morgan fingerprint density at radius 3 is 2.67 bits per heavy atom. The average Bonchev–Trinajstić information content (AvgIpc) is 2.78. The van der Waals surface area contributed by atoms with E-state index in [4.69, 9.17) is 9.98 Å². The minimum absolute atomic E-state index is 0.132. The molecule has 1 atom stereocenters. The van der Waals surface area contributed by atoms with E-state index >= 15 is 0 Å². The number of hydrogen-bond acceptors (Lipinski definition) is 3. The zero-order chi connectivity index (χ0) is 16.9. The summed E-state index contributed by atoms with van der Waals surface area (Å²) < 4.78 is 3.56. The molecule has 4 rings (SSSR count). The molecule has 5 heteroatoms. The summed E-state index contributed by atoms with van der Waals surface area (Å²) in [5.74, 6) is 1.08. The first-order valence-corrected chi connectivity index (χ1v) is 9.36. The fourth-order valence-electron chi connectivity index (χ4n) is 3.63. The lowest BCUT2D eigenvalue weighted by Crippen LogP contribution is -2.35. The molecule has 0 aliphatic carbocycles. The van der Waals surface area contributed by atoms with Gasteiger partial charge in [-0.2, -0.15) is 0 Å². The monoisotopic (exact) mass is 386 g/mol. The van der Waals surface area contributed by atoms with Crippen LogP contribution in [0, 0.1) is 5.41 Å². The van der Waals surface area contributed by atoms with Crippen LogP contribution < -0.4 is 5.32 Å². The maximum Gasteiger partial charge on any atom is 0.141 e. The Kier molecular flexibility index (Phi) is 3.88. The second kappa shape index (κ2) is 5.81. The summed E-state index contributed by atoms with van der Waals surface area (Å²) in [6.07, 6.45) is 0.960. The standard InChI is InChI=1S/C19H23BrN4/c1-19(2,3)16-11-22-15-10-21-9-8-14-17(15)24(16)18(23-14)12-4-6-13(20)7-5-12/h4-7,16,21H,8-11H2,1-3H3. The number of halogens is 1. The second-order valence-corrected chi connectivity index (χ2v) is 8.62. The first-order chi connectivity index (χ1) is 11.4. The molecular weight excluding hydrogens is 364 g/mol. The Bertz CT molecular complexity index is 796. The van der Waals surface area contributed by atoms with E-state index in [0.717, 1.165) is 36.4 Å². The summed E-state index contributed by atoms with van der Waals surface area (Å²) in [6.45, 7) is 9.52. The lowest BCUT2D eigenvalue weighted by atomic mass is 9.85. The largest absolute Gasteiger partial charge is 0.317 e. The van der Waals surface area contributed by atoms with Gasteiger partial charge in [0.15, 0.2) is 0 Å². The fraction of sp³-hybridized carbons (Fsp3) is 0.474. The highest BCUT2D eigenvalue weighted by atomic mass is 79.9. The molecule has 1 N–H and O–H groups in total. The van der Waals surface area contributed by atoms with Crippen LogP contribution in [0.2, 0.25) is 0 Å². The summed E-state index contributed by atoms with van der Waals surface area (Å²) in [6, 6.07) is 8.81. The van der Waals surface area contributed by atoms with E-state index in [9.17, 15) is 0 Å². The smallest absolute Gasteiger partial charge is 0.141 e. The van der Waals surface area contributed by atoms with E-state index in [1.54, 1.807) is 0 Å². The molecule has 0 amide bonds. The number of aromatic nitrogens is 2. The molecule has 0 saturated heterocycles. The van der Waals surface area contributed by atoms with Gasteiger partial charge in [-0.25, -0.2) is 4.98 Å². The fourth-order valence-corrected chi connectivity index (χ4v) is 3.90. The van der Waals surface area contributed by atoms with Gasteiger partial charge < -0.3 is 9.88 Å². The lowest BCUT2D eigenvalue weighted by Gasteiger charge is -2.36. The predicted molar refractivity (Wildman–Crippen MR) is 102 cm³/mol. The van der Waals surface area contributed by atoms with Crippen molar-refractivity contribution in [3.8, 4) is 11.4 Å². The van der Waals surface area contributed by atoms with Gasteiger partial charge in [-0.1, -0.05) is 48.8 Å². The van der Waals surface area contributed by atoms with Crippen molar-refractivity contribution in [2.45, 2.75) is 33.2 Å². The zero-order valence-corrected chi connectivity index (χ0v) is 16.0. The van der Waals surface area contributed by atoms with Crippen molar-refractivity contribution in [2.75, 3.05) is 19.6 Å². The molecule has 0 fully saturated rings. The first kappa shape index (κ1) is 16.0.